The molecule has 0 spiro atoms. The molecule has 1 saturated carbocycles. The van der Waals surface area contributed by atoms with Gasteiger partial charge in [-0.3, -0.25) is 0 Å². The van der Waals surface area contributed by atoms with Gasteiger partial charge in [-0.1, -0.05) is 31.4 Å². The molecule has 1 atom stereocenters. The molecule has 18 heavy (non-hydrogen) atoms. The molecule has 2 rings (SSSR count). The number of methoxy groups -OCH3 is 1. The first kappa shape index (κ1) is 13.2. The molecule has 1 unspecified atom stereocenters. The van der Waals surface area contributed by atoms with Crippen molar-refractivity contribution in [3.63, 3.8) is 0 Å². The Morgan fingerprint density at radius 3 is 2.33 bits per heavy atom. The van der Waals surface area contributed by atoms with Gasteiger partial charge in [-0.2, -0.15) is 5.26 Å². The summed E-state index contributed by atoms with van der Waals surface area (Å²) in [6, 6.07) is 10.1. The Bertz CT molecular complexity index is 429. The monoisotopic (exact) mass is 263 g/mol. The molecule has 2 nitrogen and oxygen atoms in total. The van der Waals surface area contributed by atoms with Crippen molar-refractivity contribution in [2.75, 3.05) is 7.11 Å². The third-order valence-corrected chi connectivity index (χ3v) is 4.38. The topological polar surface area (TPSA) is 33.0 Å². The smallest absolute Gasteiger partial charge is 0.118 e. The van der Waals surface area contributed by atoms with Crippen molar-refractivity contribution >= 4 is 11.6 Å². The van der Waals surface area contributed by atoms with Crippen molar-refractivity contribution in [1.82, 2.24) is 0 Å². The number of nitrogens with zero attached hydrogens (tertiary/aromatic N) is 1. The molecular weight excluding hydrogens is 246 g/mol. The number of hydrogen-bond acceptors (Lipinski definition) is 2. The van der Waals surface area contributed by atoms with Crippen LogP contribution in [0.4, 0.5) is 0 Å². The second-order valence-electron chi connectivity index (χ2n) is 4.93. The van der Waals surface area contributed by atoms with E-state index in [1.165, 1.54) is 6.42 Å². The molecule has 0 bridgehead atoms. The number of ether oxygens (including phenoxy) is 1. The van der Waals surface area contributed by atoms with E-state index in [1.54, 1.807) is 7.11 Å². The van der Waals surface area contributed by atoms with Crippen LogP contribution in [-0.2, 0) is 0 Å². The van der Waals surface area contributed by atoms with Crippen LogP contribution in [0.25, 0.3) is 0 Å². The Morgan fingerprint density at radius 1 is 1.22 bits per heavy atom. The molecular formula is C15H18ClNO. The van der Waals surface area contributed by atoms with E-state index in [1.807, 2.05) is 24.3 Å². The highest BCUT2D eigenvalue weighted by molar-refractivity contribution is 6.24. The highest BCUT2D eigenvalue weighted by Gasteiger charge is 2.39. The molecule has 0 saturated heterocycles. The number of halogens is 1. The number of hydrogen-bond donors (Lipinski definition) is 0. The van der Waals surface area contributed by atoms with Crippen LogP contribution in [0.2, 0.25) is 0 Å². The molecule has 0 radical (unpaired) electrons. The highest BCUT2D eigenvalue weighted by Crippen LogP contribution is 2.44. The fourth-order valence-electron chi connectivity index (χ4n) is 2.71. The number of nitriles is 1. The van der Waals surface area contributed by atoms with E-state index < -0.39 is 0 Å². The second-order valence-corrected chi connectivity index (χ2v) is 5.68. The van der Waals surface area contributed by atoms with Gasteiger partial charge < -0.3 is 4.74 Å². The minimum atomic E-state index is -0.387. The van der Waals surface area contributed by atoms with Crippen LogP contribution in [0.5, 0.6) is 5.75 Å². The fourth-order valence-corrected chi connectivity index (χ4v) is 3.16. The Balaban J connectivity index is 2.24. The average Bonchev–Trinajstić information content (AvgIpc) is 2.41. The Morgan fingerprint density at radius 2 is 1.83 bits per heavy atom. The Kier molecular flexibility index (Phi) is 4.14. The Hall–Kier alpha value is -1.20. The average molecular weight is 264 g/mol. The largest absolute Gasteiger partial charge is 0.497 e. The number of benzene rings is 1. The third-order valence-electron chi connectivity index (χ3n) is 3.78. The van der Waals surface area contributed by atoms with Crippen LogP contribution in [0.15, 0.2) is 24.3 Å². The van der Waals surface area contributed by atoms with Gasteiger partial charge in [0, 0.05) is 0 Å². The van der Waals surface area contributed by atoms with Crippen LogP contribution < -0.4 is 4.74 Å². The highest BCUT2D eigenvalue weighted by atomic mass is 35.5. The zero-order valence-corrected chi connectivity index (χ0v) is 11.4. The number of rotatable bonds is 3. The fraction of sp³-hybridized carbons (Fsp3) is 0.533. The molecule has 0 aromatic heterocycles. The van der Waals surface area contributed by atoms with Crippen LogP contribution in [0, 0.1) is 11.3 Å². The predicted octanol–water partition coefficient (Wildman–Crippen LogP) is 4.24. The normalized spacial score (nSPS) is 19.8. The summed E-state index contributed by atoms with van der Waals surface area (Å²) in [7, 11) is 1.64. The zero-order valence-electron chi connectivity index (χ0n) is 10.7. The van der Waals surface area contributed by atoms with Crippen LogP contribution in [0.3, 0.4) is 0 Å². The molecule has 0 aliphatic heterocycles. The SMILES string of the molecule is COc1ccc(C(C#N)C2(Cl)CCCCC2)cc1. The molecule has 1 aromatic rings. The van der Waals surface area contributed by atoms with Crippen molar-refractivity contribution in [3.8, 4) is 11.8 Å². The standard InChI is InChI=1S/C15H18ClNO/c1-18-13-7-5-12(6-8-13)14(11-17)15(16)9-3-2-4-10-15/h5-8,14H,2-4,9-10H2,1H3. The summed E-state index contributed by atoms with van der Waals surface area (Å²) in [5, 5.41) is 9.46. The van der Waals surface area contributed by atoms with Crippen molar-refractivity contribution in [2.24, 2.45) is 0 Å². The van der Waals surface area contributed by atoms with Gasteiger partial charge in [0.15, 0.2) is 0 Å². The maximum absolute atomic E-state index is 9.46. The number of alkyl halides is 1. The minimum absolute atomic E-state index is 0.231. The van der Waals surface area contributed by atoms with E-state index in [9.17, 15) is 5.26 Å². The minimum Gasteiger partial charge on any atom is -0.497 e. The van der Waals surface area contributed by atoms with Crippen molar-refractivity contribution in [3.05, 3.63) is 29.8 Å². The lowest BCUT2D eigenvalue weighted by atomic mass is 9.76. The lowest BCUT2D eigenvalue weighted by molar-refractivity contribution is 0.366. The van der Waals surface area contributed by atoms with Crippen LogP contribution in [0.1, 0.15) is 43.6 Å². The van der Waals surface area contributed by atoms with Gasteiger partial charge in [-0.15, -0.1) is 11.6 Å². The van der Waals surface area contributed by atoms with E-state index in [0.717, 1.165) is 37.0 Å². The van der Waals surface area contributed by atoms with E-state index in [-0.39, 0.29) is 10.8 Å². The van der Waals surface area contributed by atoms with Crippen molar-refractivity contribution in [2.45, 2.75) is 42.9 Å². The quantitative estimate of drug-likeness (QED) is 0.764. The van der Waals surface area contributed by atoms with Gasteiger partial charge in [0.25, 0.3) is 0 Å². The van der Waals surface area contributed by atoms with Gasteiger partial charge in [0.05, 0.1) is 24.0 Å². The summed E-state index contributed by atoms with van der Waals surface area (Å²) >= 11 is 6.70. The van der Waals surface area contributed by atoms with Gasteiger partial charge in [-0.25, -0.2) is 0 Å². The maximum Gasteiger partial charge on any atom is 0.118 e. The lowest BCUT2D eigenvalue weighted by Crippen LogP contribution is -2.32. The molecule has 96 valence electrons. The predicted molar refractivity (Wildman–Crippen MR) is 73.0 cm³/mol. The lowest BCUT2D eigenvalue weighted by Gasteiger charge is -2.35. The molecule has 0 N–H and O–H groups in total. The molecule has 0 amide bonds. The van der Waals surface area contributed by atoms with E-state index >= 15 is 0 Å². The molecule has 3 heteroatoms. The molecule has 1 aromatic carbocycles. The molecule has 0 heterocycles. The summed E-state index contributed by atoms with van der Waals surface area (Å²) in [5.41, 5.74) is 0.996. The summed E-state index contributed by atoms with van der Waals surface area (Å²) in [4.78, 5) is -0.387. The van der Waals surface area contributed by atoms with Crippen LogP contribution in [-0.4, -0.2) is 12.0 Å². The summed E-state index contributed by atoms with van der Waals surface area (Å²) in [5.74, 6) is 0.577. The zero-order chi connectivity index (χ0) is 13.0. The second kappa shape index (κ2) is 5.63. The van der Waals surface area contributed by atoms with E-state index in [4.69, 9.17) is 16.3 Å². The van der Waals surface area contributed by atoms with Crippen molar-refractivity contribution in [1.29, 1.82) is 5.26 Å². The van der Waals surface area contributed by atoms with Gasteiger partial charge in [0.1, 0.15) is 5.75 Å². The van der Waals surface area contributed by atoms with Crippen molar-refractivity contribution < 1.29 is 4.74 Å². The van der Waals surface area contributed by atoms with E-state index in [2.05, 4.69) is 6.07 Å². The molecule has 1 aliphatic rings. The van der Waals surface area contributed by atoms with Gasteiger partial charge in [0.2, 0.25) is 0 Å². The summed E-state index contributed by atoms with van der Waals surface area (Å²) in [6.45, 7) is 0. The molecule has 1 aliphatic carbocycles. The Labute approximate surface area is 114 Å². The maximum atomic E-state index is 9.46. The first-order valence-electron chi connectivity index (χ1n) is 6.42. The van der Waals surface area contributed by atoms with Gasteiger partial charge in [-0.05, 0) is 30.5 Å². The van der Waals surface area contributed by atoms with Gasteiger partial charge >= 0.3 is 0 Å². The third kappa shape index (κ3) is 2.62. The first-order valence-corrected chi connectivity index (χ1v) is 6.80. The summed E-state index contributed by atoms with van der Waals surface area (Å²) in [6.07, 6.45) is 5.34. The van der Waals surface area contributed by atoms with Crippen LogP contribution >= 0.6 is 11.6 Å². The van der Waals surface area contributed by atoms with E-state index in [0.29, 0.717) is 0 Å². The summed E-state index contributed by atoms with van der Waals surface area (Å²) < 4.78 is 5.14. The first-order chi connectivity index (χ1) is 8.69. The molecule has 1 fully saturated rings.